The van der Waals surface area contributed by atoms with E-state index in [1.54, 1.807) is 13.4 Å². The average Bonchev–Trinajstić information content (AvgIpc) is 3.18. The number of hydrogen-bond acceptors (Lipinski definition) is 4. The number of ether oxygens (including phenoxy) is 1. The molecule has 2 N–H and O–H groups in total. The molecule has 1 aliphatic heterocycles. The third-order valence-corrected chi connectivity index (χ3v) is 4.71. The number of aliphatic imine (C=N–C) groups is 1. The first kappa shape index (κ1) is 19.8. The molecule has 0 bridgehead atoms. The second kappa shape index (κ2) is 11.9. The Labute approximate surface area is 152 Å². The molecule has 0 saturated carbocycles. The molecule has 1 aliphatic rings. The molecule has 1 atom stereocenters. The quantitative estimate of drug-likeness (QED) is 0.386. The van der Waals surface area contributed by atoms with Crippen LogP contribution in [0.5, 0.6) is 0 Å². The van der Waals surface area contributed by atoms with E-state index >= 15 is 0 Å². The molecule has 0 aromatic carbocycles. The monoisotopic (exact) mass is 350 g/mol. The molecule has 2 rings (SSSR count). The number of piperidine rings is 1. The first-order valence-electron chi connectivity index (χ1n) is 9.56. The maximum atomic E-state index is 5.70. The summed E-state index contributed by atoms with van der Waals surface area (Å²) in [5.41, 5.74) is 0. The van der Waals surface area contributed by atoms with E-state index in [4.69, 9.17) is 9.15 Å². The predicted octanol–water partition coefficient (Wildman–Crippen LogP) is 2.79. The van der Waals surface area contributed by atoms with Crippen molar-refractivity contribution >= 4 is 5.96 Å². The number of unbranched alkanes of at least 4 members (excludes halogenated alkanes) is 2. The fourth-order valence-electron chi connectivity index (χ4n) is 3.29. The SMILES string of the molecule is CN=C(NCCCCCOC)NCC(c1ccco1)N1CCCCC1. The van der Waals surface area contributed by atoms with Gasteiger partial charge in [-0.25, -0.2) is 0 Å². The van der Waals surface area contributed by atoms with E-state index in [1.165, 1.54) is 25.7 Å². The molecule has 0 radical (unpaired) electrons. The standard InChI is InChI=1S/C19H34N4O2/c1-20-19(21-11-5-3-8-14-24-2)22-16-17(18-10-9-15-25-18)23-12-6-4-7-13-23/h9-10,15,17H,3-8,11-14,16H2,1-2H3,(H2,20,21,22). The van der Waals surface area contributed by atoms with Gasteiger partial charge in [-0.3, -0.25) is 9.89 Å². The first-order chi connectivity index (χ1) is 12.3. The molecule has 1 aromatic heterocycles. The summed E-state index contributed by atoms with van der Waals surface area (Å²) in [7, 11) is 3.57. The molecule has 1 saturated heterocycles. The van der Waals surface area contributed by atoms with Crippen molar-refractivity contribution in [3.8, 4) is 0 Å². The van der Waals surface area contributed by atoms with Gasteiger partial charge >= 0.3 is 0 Å². The molecule has 0 aliphatic carbocycles. The summed E-state index contributed by atoms with van der Waals surface area (Å²) in [6.45, 7) is 4.85. The Balaban J connectivity index is 1.77. The van der Waals surface area contributed by atoms with Crippen molar-refractivity contribution in [3.63, 3.8) is 0 Å². The Morgan fingerprint density at radius 3 is 2.76 bits per heavy atom. The molecule has 2 heterocycles. The topological polar surface area (TPSA) is 62.0 Å². The lowest BCUT2D eigenvalue weighted by Crippen LogP contribution is -2.44. The van der Waals surface area contributed by atoms with Crippen LogP contribution in [0.4, 0.5) is 0 Å². The Morgan fingerprint density at radius 1 is 1.24 bits per heavy atom. The van der Waals surface area contributed by atoms with Crippen molar-refractivity contribution in [1.82, 2.24) is 15.5 Å². The Bertz CT molecular complexity index is 470. The Kier molecular flexibility index (Phi) is 9.44. The molecular weight excluding hydrogens is 316 g/mol. The van der Waals surface area contributed by atoms with Gasteiger partial charge in [-0.2, -0.15) is 0 Å². The van der Waals surface area contributed by atoms with Crippen molar-refractivity contribution in [2.24, 2.45) is 4.99 Å². The Morgan fingerprint density at radius 2 is 2.08 bits per heavy atom. The van der Waals surface area contributed by atoms with Crippen molar-refractivity contribution < 1.29 is 9.15 Å². The zero-order valence-corrected chi connectivity index (χ0v) is 15.8. The van der Waals surface area contributed by atoms with E-state index < -0.39 is 0 Å². The van der Waals surface area contributed by atoms with Gasteiger partial charge in [0.05, 0.1) is 12.3 Å². The largest absolute Gasteiger partial charge is 0.468 e. The van der Waals surface area contributed by atoms with Crippen LogP contribution in [-0.2, 0) is 4.74 Å². The van der Waals surface area contributed by atoms with Crippen LogP contribution in [0.3, 0.4) is 0 Å². The highest BCUT2D eigenvalue weighted by molar-refractivity contribution is 5.79. The van der Waals surface area contributed by atoms with Gasteiger partial charge in [-0.15, -0.1) is 0 Å². The number of likely N-dealkylation sites (tertiary alicyclic amines) is 1. The molecule has 25 heavy (non-hydrogen) atoms. The maximum Gasteiger partial charge on any atom is 0.191 e. The van der Waals surface area contributed by atoms with Gasteiger partial charge in [0.1, 0.15) is 5.76 Å². The molecule has 142 valence electrons. The van der Waals surface area contributed by atoms with Crippen LogP contribution in [0.15, 0.2) is 27.8 Å². The van der Waals surface area contributed by atoms with E-state index in [0.29, 0.717) is 0 Å². The van der Waals surface area contributed by atoms with Crippen LogP contribution in [-0.4, -0.2) is 57.8 Å². The lowest BCUT2D eigenvalue weighted by Gasteiger charge is -2.33. The van der Waals surface area contributed by atoms with Crippen LogP contribution < -0.4 is 10.6 Å². The van der Waals surface area contributed by atoms with Crippen LogP contribution in [0, 0.1) is 0 Å². The van der Waals surface area contributed by atoms with E-state index in [-0.39, 0.29) is 6.04 Å². The van der Waals surface area contributed by atoms with Gasteiger partial charge in [0.15, 0.2) is 5.96 Å². The predicted molar refractivity (Wildman–Crippen MR) is 102 cm³/mol. The van der Waals surface area contributed by atoms with Crippen LogP contribution in [0.2, 0.25) is 0 Å². The van der Waals surface area contributed by atoms with Gasteiger partial charge in [0.2, 0.25) is 0 Å². The number of nitrogens with one attached hydrogen (secondary N) is 2. The highest BCUT2D eigenvalue weighted by Gasteiger charge is 2.24. The van der Waals surface area contributed by atoms with E-state index in [2.05, 4.69) is 26.6 Å². The molecule has 1 unspecified atom stereocenters. The summed E-state index contributed by atoms with van der Waals surface area (Å²) in [5.74, 6) is 1.89. The van der Waals surface area contributed by atoms with Gasteiger partial charge in [-0.05, 0) is 57.3 Å². The third-order valence-electron chi connectivity index (χ3n) is 4.71. The summed E-state index contributed by atoms with van der Waals surface area (Å²) >= 11 is 0. The lowest BCUT2D eigenvalue weighted by atomic mass is 10.1. The lowest BCUT2D eigenvalue weighted by molar-refractivity contribution is 0.146. The fourth-order valence-corrected chi connectivity index (χ4v) is 3.29. The average molecular weight is 351 g/mol. The van der Waals surface area contributed by atoms with Gasteiger partial charge in [0, 0.05) is 33.9 Å². The highest BCUT2D eigenvalue weighted by Crippen LogP contribution is 2.24. The molecule has 0 spiro atoms. The van der Waals surface area contributed by atoms with Crippen molar-refractivity contribution in [2.75, 3.05) is 46.9 Å². The summed E-state index contributed by atoms with van der Waals surface area (Å²) in [6, 6.07) is 4.31. The third kappa shape index (κ3) is 7.08. The van der Waals surface area contributed by atoms with Crippen molar-refractivity contribution in [2.45, 2.75) is 44.6 Å². The molecule has 1 aromatic rings. The molecular formula is C19H34N4O2. The summed E-state index contributed by atoms with van der Waals surface area (Å²) in [5, 5.41) is 6.87. The van der Waals surface area contributed by atoms with Crippen LogP contribution in [0.1, 0.15) is 50.3 Å². The molecule has 1 fully saturated rings. The van der Waals surface area contributed by atoms with Crippen molar-refractivity contribution in [3.05, 3.63) is 24.2 Å². The normalized spacial score (nSPS) is 17.4. The number of nitrogens with zero attached hydrogens (tertiary/aromatic N) is 2. The smallest absolute Gasteiger partial charge is 0.191 e. The summed E-state index contributed by atoms with van der Waals surface area (Å²) in [6.07, 6.45) is 9.04. The number of methoxy groups -OCH3 is 1. The maximum absolute atomic E-state index is 5.70. The second-order valence-corrected chi connectivity index (χ2v) is 6.56. The molecule has 6 nitrogen and oxygen atoms in total. The second-order valence-electron chi connectivity index (χ2n) is 6.56. The minimum Gasteiger partial charge on any atom is -0.468 e. The number of hydrogen-bond donors (Lipinski definition) is 2. The number of rotatable bonds is 10. The van der Waals surface area contributed by atoms with E-state index in [0.717, 1.165) is 57.3 Å². The molecule has 0 amide bonds. The van der Waals surface area contributed by atoms with Crippen molar-refractivity contribution in [1.29, 1.82) is 0 Å². The summed E-state index contributed by atoms with van der Waals surface area (Å²) in [4.78, 5) is 6.86. The van der Waals surface area contributed by atoms with E-state index in [9.17, 15) is 0 Å². The fraction of sp³-hybridized carbons (Fsp3) is 0.737. The van der Waals surface area contributed by atoms with Crippen LogP contribution >= 0.6 is 0 Å². The zero-order valence-electron chi connectivity index (χ0n) is 15.8. The minimum absolute atomic E-state index is 0.260. The van der Waals surface area contributed by atoms with Crippen LogP contribution in [0.25, 0.3) is 0 Å². The number of furan rings is 1. The zero-order chi connectivity index (χ0) is 17.7. The van der Waals surface area contributed by atoms with Gasteiger partial charge in [0.25, 0.3) is 0 Å². The van der Waals surface area contributed by atoms with Gasteiger partial charge in [-0.1, -0.05) is 6.42 Å². The number of guanidine groups is 1. The minimum atomic E-state index is 0.260. The molecule has 6 heteroatoms. The van der Waals surface area contributed by atoms with Gasteiger partial charge < -0.3 is 19.8 Å². The summed E-state index contributed by atoms with van der Waals surface area (Å²) < 4.78 is 10.8. The first-order valence-corrected chi connectivity index (χ1v) is 9.56. The Hall–Kier alpha value is -1.53. The van der Waals surface area contributed by atoms with E-state index in [1.807, 2.05) is 13.1 Å². The highest BCUT2D eigenvalue weighted by atomic mass is 16.5.